The van der Waals surface area contributed by atoms with E-state index in [-0.39, 0.29) is 23.6 Å². The summed E-state index contributed by atoms with van der Waals surface area (Å²) in [5, 5.41) is 2.96. The molecule has 0 spiro atoms. The molecule has 1 heterocycles. The highest BCUT2D eigenvalue weighted by molar-refractivity contribution is 6.52. The Morgan fingerprint density at radius 1 is 0.796 bits per heavy atom. The number of nitrogens with zero attached hydrogens (tertiary/aromatic N) is 3. The number of ether oxygens (including phenoxy) is 4. The van der Waals surface area contributed by atoms with Gasteiger partial charge in [-0.2, -0.15) is 0 Å². The Morgan fingerprint density at radius 2 is 1.43 bits per heavy atom. The molecule has 0 radical (unpaired) electrons. The predicted octanol–water partition coefficient (Wildman–Crippen LogP) is 4.73. The molecule has 0 unspecified atom stereocenters. The minimum Gasteiger partial charge on any atom is -0.497 e. The van der Waals surface area contributed by atoms with Crippen molar-refractivity contribution in [2.45, 2.75) is 12.6 Å². The summed E-state index contributed by atoms with van der Waals surface area (Å²) < 4.78 is 22.1. The van der Waals surface area contributed by atoms with E-state index in [9.17, 15) is 19.2 Å². The number of carbonyl (C=O) groups is 4. The Morgan fingerprint density at radius 3 is 2.00 bits per heavy atom. The second kappa shape index (κ2) is 14.8. The van der Waals surface area contributed by atoms with Gasteiger partial charge in [0, 0.05) is 32.0 Å². The van der Waals surface area contributed by atoms with E-state index >= 15 is 0 Å². The lowest BCUT2D eigenvalue weighted by Crippen LogP contribution is -2.46. The maximum atomic E-state index is 14.5. The Bertz CT molecular complexity index is 1830. The minimum atomic E-state index is -1.28. The first-order valence-corrected chi connectivity index (χ1v) is 15.4. The molecule has 1 aliphatic heterocycles. The average molecular weight is 667 g/mol. The van der Waals surface area contributed by atoms with E-state index in [1.165, 1.54) is 26.2 Å². The standard InChI is InChI=1S/C37H38N4O8/c1-39(2)26-15-13-25(14-16-26)38-36(44)33(24-19-30(47-4)35(49-6)31(20-24)48-5)41(21-23-11-17-27(46-3)18-12-23)32(42)22-40-29-10-8-7-9-28(29)34(43)37(40)45/h7-20,33H,21-22H2,1-6H3,(H,38,44)/t33-/m0/s1. The molecule has 1 atom stereocenters. The Hall–Kier alpha value is -6.04. The van der Waals surface area contributed by atoms with Crippen LogP contribution in [0.4, 0.5) is 17.1 Å². The number of carbonyl (C=O) groups excluding carboxylic acids is 4. The number of ketones is 1. The van der Waals surface area contributed by atoms with Gasteiger partial charge in [-0.05, 0) is 71.8 Å². The number of anilines is 3. The van der Waals surface area contributed by atoms with Crippen molar-refractivity contribution in [2.75, 3.05) is 64.2 Å². The third kappa shape index (κ3) is 7.13. The maximum absolute atomic E-state index is 14.5. The van der Waals surface area contributed by atoms with Crippen LogP contribution in [0.5, 0.6) is 23.0 Å². The van der Waals surface area contributed by atoms with Gasteiger partial charge in [0.05, 0.1) is 39.7 Å². The molecule has 4 aromatic carbocycles. The minimum absolute atomic E-state index is 0.0469. The molecule has 12 heteroatoms. The van der Waals surface area contributed by atoms with Crippen molar-refractivity contribution < 1.29 is 38.1 Å². The summed E-state index contributed by atoms with van der Waals surface area (Å²) in [6.45, 7) is -0.543. The lowest BCUT2D eigenvalue weighted by molar-refractivity contribution is -0.139. The van der Waals surface area contributed by atoms with E-state index in [2.05, 4.69) is 5.32 Å². The number of methoxy groups -OCH3 is 4. The van der Waals surface area contributed by atoms with E-state index in [0.717, 1.165) is 10.6 Å². The summed E-state index contributed by atoms with van der Waals surface area (Å²) in [7, 11) is 9.74. The largest absolute Gasteiger partial charge is 0.497 e. The molecular formula is C37H38N4O8. The second-order valence-corrected chi connectivity index (χ2v) is 11.4. The quantitative estimate of drug-likeness (QED) is 0.202. The zero-order chi connectivity index (χ0) is 35.2. The first-order valence-electron chi connectivity index (χ1n) is 15.4. The van der Waals surface area contributed by atoms with Gasteiger partial charge in [-0.25, -0.2) is 0 Å². The number of hydrogen-bond donors (Lipinski definition) is 1. The van der Waals surface area contributed by atoms with Crippen molar-refractivity contribution in [2.24, 2.45) is 0 Å². The van der Waals surface area contributed by atoms with Crippen molar-refractivity contribution >= 4 is 40.6 Å². The van der Waals surface area contributed by atoms with Gasteiger partial charge in [0.25, 0.3) is 17.6 Å². The van der Waals surface area contributed by atoms with Crippen LogP contribution < -0.4 is 34.1 Å². The SMILES string of the molecule is COc1ccc(CN(C(=O)CN2C(=O)C(=O)c3ccccc32)[C@H](C(=O)Nc2ccc(N(C)C)cc2)c2cc(OC)c(OC)c(OC)c2)cc1. The van der Waals surface area contributed by atoms with Gasteiger partial charge in [-0.3, -0.25) is 24.1 Å². The molecule has 0 bridgehead atoms. The molecule has 0 aromatic heterocycles. The molecule has 3 amide bonds. The van der Waals surface area contributed by atoms with Crippen LogP contribution in [0.2, 0.25) is 0 Å². The van der Waals surface area contributed by atoms with Crippen molar-refractivity contribution in [3.63, 3.8) is 0 Å². The highest BCUT2D eigenvalue weighted by Crippen LogP contribution is 2.41. The monoisotopic (exact) mass is 666 g/mol. The van der Waals surface area contributed by atoms with Crippen molar-refractivity contribution in [1.82, 2.24) is 4.90 Å². The molecular weight excluding hydrogens is 628 g/mol. The summed E-state index contributed by atoms with van der Waals surface area (Å²) in [6.07, 6.45) is 0. The molecule has 5 rings (SSSR count). The molecule has 1 aliphatic rings. The number of rotatable bonds is 13. The number of benzene rings is 4. The van der Waals surface area contributed by atoms with Crippen LogP contribution in [0.25, 0.3) is 0 Å². The van der Waals surface area contributed by atoms with Crippen molar-refractivity contribution in [3.05, 3.63) is 102 Å². The predicted molar refractivity (Wildman–Crippen MR) is 185 cm³/mol. The highest BCUT2D eigenvalue weighted by Gasteiger charge is 2.40. The maximum Gasteiger partial charge on any atom is 0.299 e. The number of fused-ring (bicyclic) bond motifs is 1. The van der Waals surface area contributed by atoms with Gasteiger partial charge in [0.1, 0.15) is 18.3 Å². The van der Waals surface area contributed by atoms with Crippen LogP contribution in [0, 0.1) is 0 Å². The first kappa shape index (κ1) is 34.3. The zero-order valence-corrected chi connectivity index (χ0v) is 28.2. The van der Waals surface area contributed by atoms with E-state index in [4.69, 9.17) is 18.9 Å². The van der Waals surface area contributed by atoms with Gasteiger partial charge < -0.3 is 34.1 Å². The topological polar surface area (TPSA) is 127 Å². The molecule has 0 fully saturated rings. The summed E-state index contributed by atoms with van der Waals surface area (Å²) >= 11 is 0. The van der Waals surface area contributed by atoms with E-state index in [1.807, 2.05) is 31.1 Å². The van der Waals surface area contributed by atoms with Crippen LogP contribution in [0.1, 0.15) is 27.5 Å². The van der Waals surface area contributed by atoms with Gasteiger partial charge >= 0.3 is 0 Å². The summed E-state index contributed by atoms with van der Waals surface area (Å²) in [4.78, 5) is 59.4. The molecule has 0 aliphatic carbocycles. The summed E-state index contributed by atoms with van der Waals surface area (Å²) in [5.74, 6) is -1.20. The molecule has 254 valence electrons. The smallest absolute Gasteiger partial charge is 0.299 e. The van der Waals surface area contributed by atoms with Gasteiger partial charge in [-0.1, -0.05) is 24.3 Å². The summed E-state index contributed by atoms with van der Waals surface area (Å²) in [5.41, 5.74) is 2.99. The average Bonchev–Trinajstić information content (AvgIpc) is 3.35. The van der Waals surface area contributed by atoms with Crippen LogP contribution in [-0.2, 0) is 20.9 Å². The molecule has 4 aromatic rings. The fourth-order valence-electron chi connectivity index (χ4n) is 5.67. The normalized spacial score (nSPS) is 12.6. The van der Waals surface area contributed by atoms with Crippen molar-refractivity contribution in [3.8, 4) is 23.0 Å². The third-order valence-electron chi connectivity index (χ3n) is 8.22. The zero-order valence-electron chi connectivity index (χ0n) is 28.2. The molecule has 0 saturated heterocycles. The van der Waals surface area contributed by atoms with Crippen LogP contribution in [0.15, 0.2) is 84.9 Å². The molecule has 12 nitrogen and oxygen atoms in total. The number of Topliss-reactive ketones (excluding diaryl/α,β-unsaturated/α-hetero) is 1. The lowest BCUT2D eigenvalue weighted by atomic mass is 10.0. The Balaban J connectivity index is 1.63. The van der Waals surface area contributed by atoms with E-state index in [0.29, 0.717) is 34.0 Å². The van der Waals surface area contributed by atoms with Gasteiger partial charge in [-0.15, -0.1) is 0 Å². The van der Waals surface area contributed by atoms with Gasteiger partial charge in [0.15, 0.2) is 11.5 Å². The molecule has 1 N–H and O–H groups in total. The third-order valence-corrected chi connectivity index (χ3v) is 8.22. The molecule has 0 saturated carbocycles. The Kier molecular flexibility index (Phi) is 10.4. The number of para-hydroxylation sites is 1. The second-order valence-electron chi connectivity index (χ2n) is 11.4. The van der Waals surface area contributed by atoms with Crippen LogP contribution in [0.3, 0.4) is 0 Å². The fourth-order valence-corrected chi connectivity index (χ4v) is 5.67. The van der Waals surface area contributed by atoms with E-state index < -0.39 is 36.1 Å². The summed E-state index contributed by atoms with van der Waals surface area (Å²) in [6, 6.07) is 22.7. The highest BCUT2D eigenvalue weighted by atomic mass is 16.5. The number of nitrogens with one attached hydrogen (secondary N) is 1. The van der Waals surface area contributed by atoms with Crippen LogP contribution >= 0.6 is 0 Å². The number of hydrogen-bond acceptors (Lipinski definition) is 9. The van der Waals surface area contributed by atoms with E-state index in [1.54, 1.807) is 79.9 Å². The first-order chi connectivity index (χ1) is 23.6. The Labute approximate surface area is 284 Å². The number of amides is 3. The molecule has 49 heavy (non-hydrogen) atoms. The van der Waals surface area contributed by atoms with Crippen molar-refractivity contribution in [1.29, 1.82) is 0 Å². The fraction of sp³-hybridized carbons (Fsp3) is 0.243. The van der Waals surface area contributed by atoms with Crippen LogP contribution in [-0.4, -0.2) is 77.5 Å². The van der Waals surface area contributed by atoms with Gasteiger partial charge in [0.2, 0.25) is 11.7 Å². The lowest BCUT2D eigenvalue weighted by Gasteiger charge is -2.33.